The molecule has 2 heterocycles. The quantitative estimate of drug-likeness (QED) is 0.638. The Morgan fingerprint density at radius 1 is 1.06 bits per heavy atom. The second-order valence-corrected chi connectivity index (χ2v) is 9.78. The van der Waals surface area contributed by atoms with E-state index in [-0.39, 0.29) is 29.5 Å². The molecule has 8 nitrogen and oxygen atoms in total. The molecule has 1 saturated heterocycles. The van der Waals surface area contributed by atoms with E-state index >= 15 is 0 Å². The van der Waals surface area contributed by atoms with Crippen LogP contribution in [0.25, 0.3) is 0 Å². The molecule has 2 aliphatic rings. The first kappa shape index (κ1) is 22.4. The van der Waals surface area contributed by atoms with E-state index in [1.165, 1.54) is 16.4 Å². The van der Waals surface area contributed by atoms with Crippen molar-refractivity contribution in [2.45, 2.75) is 24.7 Å². The molecule has 0 aliphatic carbocycles. The molecule has 0 aromatic heterocycles. The number of fused-ring (bicyclic) bond motifs is 1. The third-order valence-electron chi connectivity index (χ3n) is 5.77. The van der Waals surface area contributed by atoms with Gasteiger partial charge in [0.25, 0.3) is 5.91 Å². The first-order valence-corrected chi connectivity index (χ1v) is 12.1. The molecule has 0 radical (unpaired) electrons. The number of amides is 1. The highest BCUT2D eigenvalue weighted by atomic mass is 32.2. The maximum absolute atomic E-state index is 12.9. The number of aryl methyl sites for hydroxylation is 2. The van der Waals surface area contributed by atoms with Crippen LogP contribution in [0.1, 0.15) is 27.9 Å². The highest BCUT2D eigenvalue weighted by molar-refractivity contribution is 7.89. The van der Waals surface area contributed by atoms with E-state index in [1.807, 2.05) is 24.3 Å². The number of hydrogen-bond donors (Lipinski definition) is 0. The van der Waals surface area contributed by atoms with Crippen molar-refractivity contribution < 1.29 is 27.5 Å². The molecule has 2 aliphatic heterocycles. The van der Waals surface area contributed by atoms with Crippen LogP contribution >= 0.6 is 0 Å². The molecule has 0 N–H and O–H groups in total. The summed E-state index contributed by atoms with van der Waals surface area (Å²) in [5.41, 5.74) is 2.64. The lowest BCUT2D eigenvalue weighted by molar-refractivity contribution is -0.121. The molecule has 0 bridgehead atoms. The van der Waals surface area contributed by atoms with Crippen LogP contribution in [-0.2, 0) is 30.7 Å². The molecule has 0 saturated carbocycles. The Kier molecular flexibility index (Phi) is 6.59. The summed E-state index contributed by atoms with van der Waals surface area (Å²) in [6.07, 6.45) is 1.75. The van der Waals surface area contributed by atoms with Gasteiger partial charge in [-0.1, -0.05) is 24.3 Å². The highest BCUT2D eigenvalue weighted by Gasteiger charge is 2.28. The average molecular weight is 459 g/mol. The summed E-state index contributed by atoms with van der Waals surface area (Å²) in [6.45, 7) is 3.06. The maximum Gasteiger partial charge on any atom is 0.338 e. The normalized spacial score (nSPS) is 17.0. The van der Waals surface area contributed by atoms with E-state index in [0.717, 1.165) is 24.1 Å². The number of ether oxygens (including phenoxy) is 2. The Hall–Kier alpha value is -2.75. The van der Waals surface area contributed by atoms with Crippen LogP contribution in [0, 0.1) is 6.92 Å². The van der Waals surface area contributed by atoms with E-state index in [1.54, 1.807) is 17.9 Å². The molecular formula is C23H26N2O6S. The zero-order valence-electron chi connectivity index (χ0n) is 18.0. The molecule has 1 amide bonds. The van der Waals surface area contributed by atoms with Gasteiger partial charge in [0.1, 0.15) is 0 Å². The summed E-state index contributed by atoms with van der Waals surface area (Å²) in [5, 5.41) is 0. The molecule has 32 heavy (non-hydrogen) atoms. The van der Waals surface area contributed by atoms with Gasteiger partial charge >= 0.3 is 5.97 Å². The topological polar surface area (TPSA) is 93.2 Å². The highest BCUT2D eigenvalue weighted by Crippen LogP contribution is 2.27. The Balaban J connectivity index is 1.47. The number of sulfonamides is 1. The average Bonchev–Trinajstić information content (AvgIpc) is 2.82. The third-order valence-corrected chi connectivity index (χ3v) is 7.67. The van der Waals surface area contributed by atoms with Crippen molar-refractivity contribution in [2.24, 2.45) is 0 Å². The molecular weight excluding hydrogens is 432 g/mol. The number of carbonyl (C=O) groups is 2. The predicted octanol–water partition coefficient (Wildman–Crippen LogP) is 2.15. The minimum absolute atomic E-state index is 0.0215. The van der Waals surface area contributed by atoms with Crippen molar-refractivity contribution >= 4 is 27.6 Å². The van der Waals surface area contributed by atoms with Gasteiger partial charge in [-0.3, -0.25) is 4.79 Å². The standard InChI is InChI=1S/C23H26N2O6S/c1-17-8-9-19(32(28,29)24-11-13-30-14-12-24)15-20(17)23(27)31-16-22(26)25-10-4-6-18-5-2-3-7-21(18)25/h2-3,5,7-9,15H,4,6,10-14,16H2,1H3. The Morgan fingerprint density at radius 3 is 2.59 bits per heavy atom. The summed E-state index contributed by atoms with van der Waals surface area (Å²) in [7, 11) is -3.75. The second kappa shape index (κ2) is 9.40. The summed E-state index contributed by atoms with van der Waals surface area (Å²) in [5.74, 6) is -1.03. The van der Waals surface area contributed by atoms with Crippen LogP contribution in [0.2, 0.25) is 0 Å². The van der Waals surface area contributed by atoms with Crippen molar-refractivity contribution in [1.82, 2.24) is 4.31 Å². The van der Waals surface area contributed by atoms with E-state index in [4.69, 9.17) is 9.47 Å². The minimum atomic E-state index is -3.75. The lowest BCUT2D eigenvalue weighted by Crippen LogP contribution is -2.40. The van der Waals surface area contributed by atoms with Gasteiger partial charge in [-0.15, -0.1) is 0 Å². The van der Waals surface area contributed by atoms with Crippen LogP contribution in [0.5, 0.6) is 0 Å². The summed E-state index contributed by atoms with van der Waals surface area (Å²) >= 11 is 0. The SMILES string of the molecule is Cc1ccc(S(=O)(=O)N2CCOCC2)cc1C(=O)OCC(=O)N1CCCc2ccccc21. The van der Waals surface area contributed by atoms with E-state index in [9.17, 15) is 18.0 Å². The van der Waals surface area contributed by atoms with Crippen LogP contribution in [0.4, 0.5) is 5.69 Å². The molecule has 0 spiro atoms. The Morgan fingerprint density at radius 2 is 1.81 bits per heavy atom. The van der Waals surface area contributed by atoms with Gasteiger partial charge in [0.15, 0.2) is 6.61 Å². The summed E-state index contributed by atoms with van der Waals surface area (Å²) in [4.78, 5) is 27.1. The first-order valence-electron chi connectivity index (χ1n) is 10.6. The van der Waals surface area contributed by atoms with Gasteiger partial charge in [-0.2, -0.15) is 4.31 Å². The van der Waals surface area contributed by atoms with Crippen LogP contribution < -0.4 is 4.90 Å². The van der Waals surface area contributed by atoms with Gasteiger partial charge < -0.3 is 14.4 Å². The molecule has 0 unspecified atom stereocenters. The van der Waals surface area contributed by atoms with E-state index in [0.29, 0.717) is 25.3 Å². The predicted molar refractivity (Wildman–Crippen MR) is 118 cm³/mol. The molecule has 2 aromatic carbocycles. The van der Waals surface area contributed by atoms with Gasteiger partial charge in [-0.05, 0) is 49.1 Å². The molecule has 4 rings (SSSR count). The number of para-hydroxylation sites is 1. The van der Waals surface area contributed by atoms with Crippen molar-refractivity contribution in [3.63, 3.8) is 0 Å². The van der Waals surface area contributed by atoms with E-state index in [2.05, 4.69) is 0 Å². The van der Waals surface area contributed by atoms with Crippen molar-refractivity contribution in [3.8, 4) is 0 Å². The third kappa shape index (κ3) is 4.55. The number of esters is 1. The van der Waals surface area contributed by atoms with Crippen molar-refractivity contribution in [1.29, 1.82) is 0 Å². The lowest BCUT2D eigenvalue weighted by Gasteiger charge is -2.29. The fraction of sp³-hybridized carbons (Fsp3) is 0.391. The number of anilines is 1. The summed E-state index contributed by atoms with van der Waals surface area (Å²) < 4.78 is 37.7. The fourth-order valence-electron chi connectivity index (χ4n) is 3.99. The largest absolute Gasteiger partial charge is 0.452 e. The monoisotopic (exact) mass is 458 g/mol. The minimum Gasteiger partial charge on any atom is -0.452 e. The number of morpholine rings is 1. The second-order valence-electron chi connectivity index (χ2n) is 7.85. The number of nitrogens with zero attached hydrogens (tertiary/aromatic N) is 2. The van der Waals surface area contributed by atoms with Crippen LogP contribution in [0.3, 0.4) is 0 Å². The zero-order chi connectivity index (χ0) is 22.7. The first-order chi connectivity index (χ1) is 15.4. The van der Waals surface area contributed by atoms with Crippen LogP contribution in [-0.4, -0.2) is 64.1 Å². The van der Waals surface area contributed by atoms with Crippen LogP contribution in [0.15, 0.2) is 47.4 Å². The molecule has 2 aromatic rings. The van der Waals surface area contributed by atoms with E-state index < -0.39 is 22.6 Å². The van der Waals surface area contributed by atoms with Gasteiger partial charge in [0, 0.05) is 25.3 Å². The molecule has 1 fully saturated rings. The fourth-order valence-corrected chi connectivity index (χ4v) is 5.43. The number of rotatable bonds is 5. The molecule has 170 valence electrons. The van der Waals surface area contributed by atoms with Crippen molar-refractivity contribution in [2.75, 3.05) is 44.4 Å². The lowest BCUT2D eigenvalue weighted by atomic mass is 10.0. The Bertz CT molecular complexity index is 1130. The number of hydrogen-bond acceptors (Lipinski definition) is 6. The van der Waals surface area contributed by atoms with Gasteiger partial charge in [0.2, 0.25) is 10.0 Å². The maximum atomic E-state index is 12.9. The Labute approximate surface area is 187 Å². The smallest absolute Gasteiger partial charge is 0.338 e. The number of carbonyl (C=O) groups excluding carboxylic acids is 2. The van der Waals surface area contributed by atoms with Crippen molar-refractivity contribution in [3.05, 3.63) is 59.2 Å². The molecule has 0 atom stereocenters. The van der Waals surface area contributed by atoms with Gasteiger partial charge in [-0.25, -0.2) is 13.2 Å². The zero-order valence-corrected chi connectivity index (χ0v) is 18.8. The number of benzene rings is 2. The van der Waals surface area contributed by atoms with Gasteiger partial charge in [0.05, 0.1) is 23.7 Å². The summed E-state index contributed by atoms with van der Waals surface area (Å²) in [6, 6.07) is 12.1. The molecule has 9 heteroatoms.